The summed E-state index contributed by atoms with van der Waals surface area (Å²) in [7, 11) is 0. The van der Waals surface area contributed by atoms with Gasteiger partial charge in [-0.3, -0.25) is 4.79 Å². The molecule has 2 aromatic carbocycles. The van der Waals surface area contributed by atoms with Crippen molar-refractivity contribution in [2.45, 2.75) is 12.3 Å². The van der Waals surface area contributed by atoms with Gasteiger partial charge in [-0.05, 0) is 11.1 Å². The molecule has 0 aromatic heterocycles. The van der Waals surface area contributed by atoms with Crippen LogP contribution in [0.3, 0.4) is 0 Å². The lowest BCUT2D eigenvalue weighted by Crippen LogP contribution is -2.12. The second-order valence-corrected chi connectivity index (χ2v) is 4.25. The van der Waals surface area contributed by atoms with E-state index >= 15 is 0 Å². The maximum atomic E-state index is 12.3. The van der Waals surface area contributed by atoms with E-state index in [1.807, 2.05) is 60.7 Å². The van der Waals surface area contributed by atoms with Gasteiger partial charge in [0.15, 0.2) is 0 Å². The Morgan fingerprint density at radius 3 is 2.11 bits per heavy atom. The van der Waals surface area contributed by atoms with E-state index in [-0.39, 0.29) is 11.7 Å². The first-order valence-electron chi connectivity index (χ1n) is 6.05. The summed E-state index contributed by atoms with van der Waals surface area (Å²) >= 11 is 0. The molecule has 0 aliphatic heterocycles. The molecular weight excluding hydrogens is 220 g/mol. The molecule has 2 rings (SSSR count). The van der Waals surface area contributed by atoms with Gasteiger partial charge in [-0.1, -0.05) is 66.7 Å². The van der Waals surface area contributed by atoms with Crippen molar-refractivity contribution in [3.63, 3.8) is 0 Å². The lowest BCUT2D eigenvalue weighted by atomic mass is 9.91. The van der Waals surface area contributed by atoms with Crippen molar-refractivity contribution in [2.75, 3.05) is 0 Å². The van der Waals surface area contributed by atoms with Gasteiger partial charge < -0.3 is 0 Å². The number of hydrogen-bond donors (Lipinski definition) is 0. The molecule has 0 radical (unpaired) electrons. The second kappa shape index (κ2) is 5.97. The van der Waals surface area contributed by atoms with Gasteiger partial charge in [0.05, 0.1) is 5.92 Å². The zero-order chi connectivity index (χ0) is 12.8. The number of allylic oxidation sites excluding steroid dienone is 1. The largest absolute Gasteiger partial charge is 0.298 e. The highest BCUT2D eigenvalue weighted by atomic mass is 16.1. The third kappa shape index (κ3) is 2.95. The average Bonchev–Trinajstić information content (AvgIpc) is 2.42. The van der Waals surface area contributed by atoms with E-state index in [0.29, 0.717) is 6.42 Å². The van der Waals surface area contributed by atoms with Crippen LogP contribution in [0, 0.1) is 0 Å². The predicted molar refractivity (Wildman–Crippen MR) is 74.5 cm³/mol. The highest BCUT2D eigenvalue weighted by Crippen LogP contribution is 2.19. The quantitative estimate of drug-likeness (QED) is 0.722. The zero-order valence-corrected chi connectivity index (χ0v) is 10.3. The van der Waals surface area contributed by atoms with Crippen LogP contribution in [0.25, 0.3) is 0 Å². The first-order valence-corrected chi connectivity index (χ1v) is 6.05. The summed E-state index contributed by atoms with van der Waals surface area (Å²) in [6.45, 7) is 3.78. The van der Waals surface area contributed by atoms with Crippen LogP contribution in [0.5, 0.6) is 0 Å². The topological polar surface area (TPSA) is 17.1 Å². The van der Waals surface area contributed by atoms with Crippen LogP contribution >= 0.6 is 0 Å². The summed E-state index contributed by atoms with van der Waals surface area (Å²) < 4.78 is 0. The number of Topliss-reactive ketones (excluding diaryl/α,β-unsaturated/α-hetero) is 1. The Morgan fingerprint density at radius 2 is 1.56 bits per heavy atom. The van der Waals surface area contributed by atoms with Gasteiger partial charge in [-0.25, -0.2) is 0 Å². The van der Waals surface area contributed by atoms with Crippen LogP contribution in [-0.2, 0) is 11.2 Å². The lowest BCUT2D eigenvalue weighted by Gasteiger charge is -2.11. The molecule has 0 saturated carbocycles. The summed E-state index contributed by atoms with van der Waals surface area (Å²) in [4.78, 5) is 12.3. The molecule has 0 aliphatic carbocycles. The molecule has 0 N–H and O–H groups in total. The molecular formula is C17H16O. The van der Waals surface area contributed by atoms with Gasteiger partial charge in [0, 0.05) is 6.42 Å². The molecule has 0 fully saturated rings. The molecule has 0 saturated heterocycles. The van der Waals surface area contributed by atoms with Crippen molar-refractivity contribution in [2.24, 2.45) is 0 Å². The Hall–Kier alpha value is -2.15. The predicted octanol–water partition coefficient (Wildman–Crippen LogP) is 3.77. The molecule has 0 bridgehead atoms. The normalized spacial score (nSPS) is 11.8. The van der Waals surface area contributed by atoms with Gasteiger partial charge in [0.2, 0.25) is 0 Å². The molecule has 90 valence electrons. The molecule has 18 heavy (non-hydrogen) atoms. The van der Waals surface area contributed by atoms with Gasteiger partial charge >= 0.3 is 0 Å². The number of ketones is 1. The molecule has 0 amide bonds. The van der Waals surface area contributed by atoms with Crippen LogP contribution in [0.1, 0.15) is 17.0 Å². The van der Waals surface area contributed by atoms with E-state index in [9.17, 15) is 4.79 Å². The van der Waals surface area contributed by atoms with Crippen LogP contribution in [0.2, 0.25) is 0 Å². The van der Waals surface area contributed by atoms with Crippen molar-refractivity contribution >= 4 is 5.78 Å². The Morgan fingerprint density at radius 1 is 1.00 bits per heavy atom. The minimum atomic E-state index is -0.216. The minimum absolute atomic E-state index is 0.183. The van der Waals surface area contributed by atoms with Gasteiger partial charge in [0.1, 0.15) is 5.78 Å². The fraction of sp³-hybridized carbons (Fsp3) is 0.118. The molecule has 1 nitrogen and oxygen atoms in total. The Bertz CT molecular complexity index is 514. The monoisotopic (exact) mass is 236 g/mol. The lowest BCUT2D eigenvalue weighted by molar-refractivity contribution is -0.118. The molecule has 1 heteroatoms. The summed E-state index contributed by atoms with van der Waals surface area (Å²) in [5.41, 5.74) is 2.05. The molecule has 1 atom stereocenters. The molecule has 0 spiro atoms. The third-order valence-corrected chi connectivity index (χ3v) is 2.96. The van der Waals surface area contributed by atoms with Crippen molar-refractivity contribution in [1.29, 1.82) is 0 Å². The smallest absolute Gasteiger partial charge is 0.148 e. The fourth-order valence-corrected chi connectivity index (χ4v) is 2.02. The maximum Gasteiger partial charge on any atom is 0.148 e. The van der Waals surface area contributed by atoms with E-state index in [0.717, 1.165) is 11.1 Å². The highest BCUT2D eigenvalue weighted by Gasteiger charge is 2.16. The maximum absolute atomic E-state index is 12.3. The molecule has 0 heterocycles. The Labute approximate surface area is 108 Å². The average molecular weight is 236 g/mol. The van der Waals surface area contributed by atoms with Crippen LogP contribution < -0.4 is 0 Å². The van der Waals surface area contributed by atoms with Gasteiger partial charge in [-0.2, -0.15) is 0 Å². The zero-order valence-electron chi connectivity index (χ0n) is 10.3. The SMILES string of the molecule is C=CC(C(=O)Cc1ccccc1)c1ccccc1. The van der Waals surface area contributed by atoms with Gasteiger partial charge in [-0.15, -0.1) is 6.58 Å². The highest BCUT2D eigenvalue weighted by molar-refractivity contribution is 5.89. The van der Waals surface area contributed by atoms with Crippen molar-refractivity contribution in [1.82, 2.24) is 0 Å². The Balaban J connectivity index is 2.14. The van der Waals surface area contributed by atoms with Crippen LogP contribution in [0.15, 0.2) is 73.3 Å². The van der Waals surface area contributed by atoms with Crippen molar-refractivity contribution in [3.8, 4) is 0 Å². The van der Waals surface area contributed by atoms with Crippen LogP contribution in [-0.4, -0.2) is 5.78 Å². The van der Waals surface area contributed by atoms with E-state index in [1.165, 1.54) is 0 Å². The first kappa shape index (κ1) is 12.3. The first-order chi connectivity index (χ1) is 8.81. The summed E-state index contributed by atoms with van der Waals surface area (Å²) in [6.07, 6.45) is 2.17. The van der Waals surface area contributed by atoms with E-state index in [1.54, 1.807) is 6.08 Å². The number of carbonyl (C=O) groups excluding carboxylic acids is 1. The van der Waals surface area contributed by atoms with E-state index in [4.69, 9.17) is 0 Å². The molecule has 0 aliphatic rings. The second-order valence-electron chi connectivity index (χ2n) is 4.25. The fourth-order valence-electron chi connectivity index (χ4n) is 2.02. The third-order valence-electron chi connectivity index (χ3n) is 2.96. The number of rotatable bonds is 5. The van der Waals surface area contributed by atoms with Crippen LogP contribution in [0.4, 0.5) is 0 Å². The minimum Gasteiger partial charge on any atom is -0.298 e. The summed E-state index contributed by atoms with van der Waals surface area (Å²) in [6, 6.07) is 19.6. The number of benzene rings is 2. The molecule has 2 aromatic rings. The molecule has 1 unspecified atom stereocenters. The summed E-state index contributed by atoms with van der Waals surface area (Å²) in [5, 5.41) is 0. The van der Waals surface area contributed by atoms with E-state index < -0.39 is 0 Å². The van der Waals surface area contributed by atoms with Crippen molar-refractivity contribution < 1.29 is 4.79 Å². The number of carbonyl (C=O) groups is 1. The summed E-state index contributed by atoms with van der Waals surface area (Å²) in [5.74, 6) is -0.0335. The van der Waals surface area contributed by atoms with E-state index in [2.05, 4.69) is 6.58 Å². The standard InChI is InChI=1S/C17H16O/c1-2-16(15-11-7-4-8-12-15)17(18)13-14-9-5-3-6-10-14/h2-12,16H,1,13H2. The number of hydrogen-bond acceptors (Lipinski definition) is 1. The van der Waals surface area contributed by atoms with Crippen molar-refractivity contribution in [3.05, 3.63) is 84.4 Å². The van der Waals surface area contributed by atoms with Gasteiger partial charge in [0.25, 0.3) is 0 Å². The Kier molecular flexibility index (Phi) is 4.08.